The van der Waals surface area contributed by atoms with Gasteiger partial charge in [-0.15, -0.1) is 11.3 Å². The van der Waals surface area contributed by atoms with E-state index in [2.05, 4.69) is 10.1 Å². The first-order valence-corrected chi connectivity index (χ1v) is 5.38. The van der Waals surface area contributed by atoms with Crippen LogP contribution >= 0.6 is 11.3 Å². The number of aromatic nitrogens is 3. The molecule has 0 fully saturated rings. The molecule has 0 aromatic carbocycles. The van der Waals surface area contributed by atoms with E-state index in [1.807, 2.05) is 26.2 Å². The number of ketones is 1. The molecule has 78 valence electrons. The summed E-state index contributed by atoms with van der Waals surface area (Å²) in [4.78, 5) is 16.3. The summed E-state index contributed by atoms with van der Waals surface area (Å²) < 4.78 is 1.72. The second-order valence-electron chi connectivity index (χ2n) is 3.36. The van der Waals surface area contributed by atoms with E-state index < -0.39 is 0 Å². The van der Waals surface area contributed by atoms with Gasteiger partial charge < -0.3 is 0 Å². The van der Waals surface area contributed by atoms with E-state index in [1.165, 1.54) is 11.3 Å². The number of aryl methyl sites for hydroxylation is 2. The molecule has 0 aliphatic heterocycles. The topological polar surface area (TPSA) is 47.8 Å². The third-order valence-corrected chi connectivity index (χ3v) is 3.33. The number of carbonyl (C=O) groups is 1. The van der Waals surface area contributed by atoms with Crippen molar-refractivity contribution in [3.8, 4) is 10.7 Å². The van der Waals surface area contributed by atoms with Crippen molar-refractivity contribution in [1.82, 2.24) is 14.8 Å². The van der Waals surface area contributed by atoms with Crippen molar-refractivity contribution in [3.05, 3.63) is 22.8 Å². The fourth-order valence-electron chi connectivity index (χ4n) is 1.36. The van der Waals surface area contributed by atoms with Gasteiger partial charge in [-0.05, 0) is 13.0 Å². The molecule has 0 aliphatic rings. The van der Waals surface area contributed by atoms with Gasteiger partial charge in [0.1, 0.15) is 10.7 Å². The number of Topliss-reactive ketones (excluding diaryl/α,β-unsaturated/α-hetero) is 1. The van der Waals surface area contributed by atoms with Crippen molar-refractivity contribution in [3.63, 3.8) is 0 Å². The molecule has 0 N–H and O–H groups in total. The molecule has 15 heavy (non-hydrogen) atoms. The predicted octanol–water partition coefficient (Wildman–Crippen LogP) is 2.05. The van der Waals surface area contributed by atoms with E-state index in [4.69, 9.17) is 0 Å². The van der Waals surface area contributed by atoms with Crippen LogP contribution in [-0.2, 0) is 7.05 Å². The number of thiazole rings is 1. The van der Waals surface area contributed by atoms with E-state index in [9.17, 15) is 4.79 Å². The van der Waals surface area contributed by atoms with Crippen molar-refractivity contribution in [2.24, 2.45) is 7.05 Å². The van der Waals surface area contributed by atoms with E-state index in [1.54, 1.807) is 11.6 Å². The van der Waals surface area contributed by atoms with Crippen LogP contribution in [0.3, 0.4) is 0 Å². The van der Waals surface area contributed by atoms with Gasteiger partial charge in [0.15, 0.2) is 5.78 Å². The molecule has 2 heterocycles. The highest BCUT2D eigenvalue weighted by atomic mass is 32.1. The maximum atomic E-state index is 11.3. The Bertz CT molecular complexity index is 512. The Hall–Kier alpha value is -1.49. The number of carbonyl (C=O) groups excluding carboxylic acids is 1. The third-order valence-electron chi connectivity index (χ3n) is 2.05. The lowest BCUT2D eigenvalue weighted by atomic mass is 10.3. The molecule has 2 aromatic rings. The summed E-state index contributed by atoms with van der Waals surface area (Å²) in [5, 5.41) is 5.05. The van der Waals surface area contributed by atoms with Gasteiger partial charge in [0.25, 0.3) is 0 Å². The first-order chi connectivity index (χ1) is 7.08. The molecule has 0 saturated heterocycles. The molecular formula is C10H11N3OS. The summed E-state index contributed by atoms with van der Waals surface area (Å²) in [6.45, 7) is 3.41. The van der Waals surface area contributed by atoms with Crippen molar-refractivity contribution >= 4 is 17.1 Å². The normalized spacial score (nSPS) is 10.6. The van der Waals surface area contributed by atoms with Gasteiger partial charge in [-0.2, -0.15) is 5.10 Å². The zero-order chi connectivity index (χ0) is 11.0. The average Bonchev–Trinajstić information content (AvgIpc) is 2.71. The van der Waals surface area contributed by atoms with Gasteiger partial charge in [0, 0.05) is 20.2 Å². The number of nitrogens with zero attached hydrogens (tertiary/aromatic N) is 3. The highest BCUT2D eigenvalue weighted by molar-refractivity contribution is 7.17. The molecule has 2 aromatic heterocycles. The van der Waals surface area contributed by atoms with Gasteiger partial charge in [0.2, 0.25) is 0 Å². The molecule has 4 nitrogen and oxygen atoms in total. The van der Waals surface area contributed by atoms with E-state index in [-0.39, 0.29) is 5.78 Å². The maximum Gasteiger partial charge on any atom is 0.171 e. The van der Waals surface area contributed by atoms with Crippen LogP contribution in [0.5, 0.6) is 0 Å². The highest BCUT2D eigenvalue weighted by Gasteiger charge is 2.13. The van der Waals surface area contributed by atoms with Crippen molar-refractivity contribution < 1.29 is 4.79 Å². The Labute approximate surface area is 91.6 Å². The van der Waals surface area contributed by atoms with Crippen LogP contribution in [0, 0.1) is 6.92 Å². The number of hydrogen-bond donors (Lipinski definition) is 0. The Balaban J connectivity index is 2.46. The fourth-order valence-corrected chi connectivity index (χ4v) is 2.29. The molecule has 0 radical (unpaired) electrons. The summed E-state index contributed by atoms with van der Waals surface area (Å²) in [6.07, 6.45) is 1.86. The first kappa shape index (κ1) is 10.0. The molecule has 0 unspecified atom stereocenters. The zero-order valence-electron chi connectivity index (χ0n) is 8.81. The summed E-state index contributed by atoms with van der Waals surface area (Å²) in [7, 11) is 1.86. The van der Waals surface area contributed by atoms with Crippen LogP contribution in [0.1, 0.15) is 22.3 Å². The van der Waals surface area contributed by atoms with E-state index in [0.717, 1.165) is 21.3 Å². The molecule has 0 aliphatic carbocycles. The van der Waals surface area contributed by atoms with Crippen LogP contribution < -0.4 is 0 Å². The lowest BCUT2D eigenvalue weighted by molar-refractivity contribution is 0.102. The monoisotopic (exact) mass is 221 g/mol. The predicted molar refractivity (Wildman–Crippen MR) is 59.1 cm³/mol. The summed E-state index contributed by atoms with van der Waals surface area (Å²) in [5.41, 5.74) is 1.60. The Morgan fingerprint density at radius 1 is 1.53 bits per heavy atom. The van der Waals surface area contributed by atoms with Crippen LogP contribution in [0.25, 0.3) is 10.7 Å². The number of rotatable bonds is 2. The average molecular weight is 221 g/mol. The van der Waals surface area contributed by atoms with E-state index in [0.29, 0.717) is 0 Å². The van der Waals surface area contributed by atoms with Crippen molar-refractivity contribution in [2.45, 2.75) is 13.8 Å². The van der Waals surface area contributed by atoms with Gasteiger partial charge in [-0.25, -0.2) is 4.98 Å². The smallest absolute Gasteiger partial charge is 0.171 e. The lowest BCUT2D eigenvalue weighted by Gasteiger charge is -1.87. The number of hydrogen-bond acceptors (Lipinski definition) is 4. The van der Waals surface area contributed by atoms with Crippen molar-refractivity contribution in [1.29, 1.82) is 0 Å². The molecule has 5 heteroatoms. The molecule has 2 rings (SSSR count). The maximum absolute atomic E-state index is 11.3. The molecule has 0 amide bonds. The summed E-state index contributed by atoms with van der Waals surface area (Å²) >= 11 is 1.40. The van der Waals surface area contributed by atoms with Crippen LogP contribution in [0.2, 0.25) is 0 Å². The van der Waals surface area contributed by atoms with Gasteiger partial charge in [0.05, 0.1) is 10.6 Å². The van der Waals surface area contributed by atoms with Crippen LogP contribution in [-0.4, -0.2) is 20.5 Å². The SMILES string of the molecule is CC(=O)c1sc(-c2ccn(C)n2)nc1C. The van der Waals surface area contributed by atoms with Crippen molar-refractivity contribution in [2.75, 3.05) is 0 Å². The quantitative estimate of drug-likeness (QED) is 0.729. The lowest BCUT2D eigenvalue weighted by Crippen LogP contribution is -1.89. The molecule has 0 bridgehead atoms. The minimum atomic E-state index is 0.0622. The van der Waals surface area contributed by atoms with Gasteiger partial charge in [-0.3, -0.25) is 9.48 Å². The zero-order valence-corrected chi connectivity index (χ0v) is 9.63. The second-order valence-corrected chi connectivity index (χ2v) is 4.36. The first-order valence-electron chi connectivity index (χ1n) is 4.56. The summed E-state index contributed by atoms with van der Waals surface area (Å²) in [5.74, 6) is 0.0622. The third kappa shape index (κ3) is 1.83. The second kappa shape index (κ2) is 3.58. The van der Waals surface area contributed by atoms with Crippen LogP contribution in [0.15, 0.2) is 12.3 Å². The van der Waals surface area contributed by atoms with Crippen LogP contribution in [0.4, 0.5) is 0 Å². The fraction of sp³-hybridized carbons (Fsp3) is 0.300. The Morgan fingerprint density at radius 2 is 2.27 bits per heavy atom. The summed E-state index contributed by atoms with van der Waals surface area (Å²) in [6, 6.07) is 1.89. The Morgan fingerprint density at radius 3 is 2.73 bits per heavy atom. The molecule has 0 atom stereocenters. The standard InChI is InChI=1S/C10H11N3OS/c1-6-9(7(2)14)15-10(11-6)8-4-5-13(3)12-8/h4-5H,1-3H3. The molecule has 0 saturated carbocycles. The van der Waals surface area contributed by atoms with Gasteiger partial charge in [-0.1, -0.05) is 0 Å². The molecule has 0 spiro atoms. The minimum Gasteiger partial charge on any atom is -0.294 e. The van der Waals surface area contributed by atoms with Gasteiger partial charge >= 0.3 is 0 Å². The van der Waals surface area contributed by atoms with E-state index >= 15 is 0 Å². The highest BCUT2D eigenvalue weighted by Crippen LogP contribution is 2.26. The Kier molecular flexibility index (Phi) is 2.40. The molecular weight excluding hydrogens is 210 g/mol. The minimum absolute atomic E-state index is 0.0622. The largest absolute Gasteiger partial charge is 0.294 e.